The Kier molecular flexibility index (Phi) is 4.40. The molecule has 1 aliphatic heterocycles. The van der Waals surface area contributed by atoms with Crippen LogP contribution in [0.5, 0.6) is 0 Å². The van der Waals surface area contributed by atoms with Crippen LogP contribution in [-0.2, 0) is 9.53 Å². The second-order valence-electron chi connectivity index (χ2n) is 7.42. The molecule has 114 valence electrons. The van der Waals surface area contributed by atoms with Crippen molar-refractivity contribution in [1.29, 1.82) is 0 Å². The van der Waals surface area contributed by atoms with Crippen molar-refractivity contribution in [3.05, 3.63) is 0 Å². The Labute approximate surface area is 121 Å². The number of carbonyl (C=O) groups is 2. The number of rotatable bonds is 1. The van der Waals surface area contributed by atoms with E-state index in [-0.39, 0.29) is 6.09 Å². The first-order valence-electron chi connectivity index (χ1n) is 7.76. The maximum atomic E-state index is 12.2. The summed E-state index contributed by atoms with van der Waals surface area (Å²) in [5.41, 5.74) is -0.444. The van der Waals surface area contributed by atoms with Crippen LogP contribution >= 0.6 is 0 Å². The third-order valence-electron chi connectivity index (χ3n) is 4.46. The number of Topliss-reactive ketones (excluding diaryl/α,β-unsaturated/α-hetero) is 1. The van der Waals surface area contributed by atoms with E-state index in [1.807, 2.05) is 25.7 Å². The molecule has 4 heteroatoms. The molecular weight excluding hydrogens is 254 g/mol. The minimum absolute atomic E-state index is 0.209. The van der Waals surface area contributed by atoms with Crippen molar-refractivity contribution in [2.75, 3.05) is 13.1 Å². The SMILES string of the molecule is CC1CC(=O)CC1C1CCCN(C(=O)OC(C)(C)C)C1. The van der Waals surface area contributed by atoms with Crippen LogP contribution in [0.4, 0.5) is 4.79 Å². The van der Waals surface area contributed by atoms with Gasteiger partial charge in [-0.1, -0.05) is 6.92 Å². The lowest BCUT2D eigenvalue weighted by Gasteiger charge is -2.37. The molecular formula is C16H27NO3. The van der Waals surface area contributed by atoms with E-state index in [1.165, 1.54) is 0 Å². The first kappa shape index (κ1) is 15.3. The Bertz CT molecular complexity index is 386. The van der Waals surface area contributed by atoms with Gasteiger partial charge in [0, 0.05) is 25.9 Å². The van der Waals surface area contributed by atoms with Gasteiger partial charge < -0.3 is 9.64 Å². The number of hydrogen-bond donors (Lipinski definition) is 0. The third kappa shape index (κ3) is 3.74. The fourth-order valence-electron chi connectivity index (χ4n) is 3.54. The van der Waals surface area contributed by atoms with Crippen molar-refractivity contribution in [2.24, 2.45) is 17.8 Å². The second-order valence-corrected chi connectivity index (χ2v) is 7.42. The zero-order valence-electron chi connectivity index (χ0n) is 13.1. The number of amides is 1. The van der Waals surface area contributed by atoms with E-state index in [4.69, 9.17) is 4.74 Å². The quantitative estimate of drug-likeness (QED) is 0.741. The van der Waals surface area contributed by atoms with Crippen LogP contribution in [0.15, 0.2) is 0 Å². The molecule has 4 nitrogen and oxygen atoms in total. The number of ether oxygens (including phenoxy) is 1. The molecule has 3 unspecified atom stereocenters. The predicted octanol–water partition coefficient (Wildman–Crippen LogP) is 3.25. The average Bonchev–Trinajstić information content (AvgIpc) is 2.66. The van der Waals surface area contributed by atoms with Crippen LogP contribution in [0.1, 0.15) is 53.4 Å². The molecule has 2 fully saturated rings. The van der Waals surface area contributed by atoms with Crippen LogP contribution in [0.3, 0.4) is 0 Å². The molecule has 1 aliphatic carbocycles. The van der Waals surface area contributed by atoms with Gasteiger partial charge in [0.15, 0.2) is 0 Å². The monoisotopic (exact) mass is 281 g/mol. The van der Waals surface area contributed by atoms with Crippen LogP contribution in [0.2, 0.25) is 0 Å². The van der Waals surface area contributed by atoms with Crippen molar-refractivity contribution in [1.82, 2.24) is 4.90 Å². The molecule has 2 rings (SSSR count). The summed E-state index contributed by atoms with van der Waals surface area (Å²) in [6.07, 6.45) is 3.35. The fourth-order valence-corrected chi connectivity index (χ4v) is 3.54. The number of nitrogens with zero attached hydrogens (tertiary/aromatic N) is 1. The van der Waals surface area contributed by atoms with E-state index < -0.39 is 5.60 Å². The summed E-state index contributed by atoms with van der Waals surface area (Å²) in [7, 11) is 0. The van der Waals surface area contributed by atoms with Crippen molar-refractivity contribution in [3.8, 4) is 0 Å². The van der Waals surface area contributed by atoms with E-state index in [1.54, 1.807) is 0 Å². The van der Waals surface area contributed by atoms with Gasteiger partial charge in [0.25, 0.3) is 0 Å². The Morgan fingerprint density at radius 2 is 2.00 bits per heavy atom. The molecule has 1 amide bonds. The zero-order valence-corrected chi connectivity index (χ0v) is 13.1. The Morgan fingerprint density at radius 1 is 1.30 bits per heavy atom. The number of hydrogen-bond acceptors (Lipinski definition) is 3. The molecule has 2 aliphatic rings. The highest BCUT2D eigenvalue weighted by molar-refractivity contribution is 5.81. The van der Waals surface area contributed by atoms with Crippen molar-refractivity contribution >= 4 is 11.9 Å². The van der Waals surface area contributed by atoms with Crippen molar-refractivity contribution in [3.63, 3.8) is 0 Å². The summed E-state index contributed by atoms with van der Waals surface area (Å²) in [6, 6.07) is 0. The maximum Gasteiger partial charge on any atom is 0.410 e. The van der Waals surface area contributed by atoms with Gasteiger partial charge in [-0.2, -0.15) is 0 Å². The summed E-state index contributed by atoms with van der Waals surface area (Å²) in [4.78, 5) is 25.6. The van der Waals surface area contributed by atoms with Crippen LogP contribution in [-0.4, -0.2) is 35.5 Å². The zero-order chi connectivity index (χ0) is 14.9. The molecule has 0 spiro atoms. The number of piperidine rings is 1. The van der Waals surface area contributed by atoms with E-state index in [2.05, 4.69) is 6.92 Å². The lowest BCUT2D eigenvalue weighted by atomic mass is 9.80. The van der Waals surface area contributed by atoms with E-state index >= 15 is 0 Å². The number of likely N-dealkylation sites (tertiary alicyclic amines) is 1. The molecule has 1 saturated heterocycles. The minimum atomic E-state index is -0.444. The fraction of sp³-hybridized carbons (Fsp3) is 0.875. The van der Waals surface area contributed by atoms with Crippen molar-refractivity contribution in [2.45, 2.75) is 59.0 Å². The predicted molar refractivity (Wildman–Crippen MR) is 77.4 cm³/mol. The Balaban J connectivity index is 1.95. The maximum absolute atomic E-state index is 12.2. The molecule has 1 heterocycles. The van der Waals surface area contributed by atoms with Gasteiger partial charge in [-0.05, 0) is 51.4 Å². The minimum Gasteiger partial charge on any atom is -0.444 e. The van der Waals surface area contributed by atoms with E-state index in [0.717, 1.165) is 25.9 Å². The molecule has 3 atom stereocenters. The number of ketones is 1. The molecule has 0 N–H and O–H groups in total. The first-order chi connectivity index (χ1) is 9.26. The van der Waals surface area contributed by atoms with Gasteiger partial charge in [0.1, 0.15) is 11.4 Å². The molecule has 0 aromatic carbocycles. The summed E-state index contributed by atoms with van der Waals surface area (Å²) in [6.45, 7) is 9.37. The largest absolute Gasteiger partial charge is 0.444 e. The topological polar surface area (TPSA) is 46.6 Å². The molecule has 1 saturated carbocycles. The summed E-state index contributed by atoms with van der Waals surface area (Å²) in [5, 5.41) is 0. The Morgan fingerprint density at radius 3 is 2.55 bits per heavy atom. The van der Waals surface area contributed by atoms with Crippen LogP contribution < -0.4 is 0 Å². The number of carbonyl (C=O) groups excluding carboxylic acids is 2. The van der Waals surface area contributed by atoms with Gasteiger partial charge in [-0.15, -0.1) is 0 Å². The van der Waals surface area contributed by atoms with Crippen LogP contribution in [0.25, 0.3) is 0 Å². The normalized spacial score (nSPS) is 31.5. The molecule has 0 aromatic rings. The lowest BCUT2D eigenvalue weighted by Crippen LogP contribution is -2.44. The second kappa shape index (κ2) is 5.74. The third-order valence-corrected chi connectivity index (χ3v) is 4.46. The standard InChI is InChI=1S/C16H27NO3/c1-11-8-13(18)9-14(11)12-6-5-7-17(10-12)15(19)20-16(2,3)4/h11-12,14H,5-10H2,1-4H3. The van der Waals surface area contributed by atoms with Crippen molar-refractivity contribution < 1.29 is 14.3 Å². The summed E-state index contributed by atoms with van der Waals surface area (Å²) in [5.74, 6) is 1.76. The van der Waals surface area contributed by atoms with E-state index in [0.29, 0.717) is 36.4 Å². The summed E-state index contributed by atoms with van der Waals surface area (Å²) >= 11 is 0. The lowest BCUT2D eigenvalue weighted by molar-refractivity contribution is -0.117. The first-order valence-corrected chi connectivity index (χ1v) is 7.76. The van der Waals surface area contributed by atoms with Gasteiger partial charge in [-0.25, -0.2) is 4.79 Å². The molecule has 0 radical (unpaired) electrons. The molecule has 20 heavy (non-hydrogen) atoms. The molecule has 0 bridgehead atoms. The van der Waals surface area contributed by atoms with Gasteiger partial charge in [0.2, 0.25) is 0 Å². The highest BCUT2D eigenvalue weighted by Gasteiger charge is 2.38. The van der Waals surface area contributed by atoms with Crippen LogP contribution in [0, 0.1) is 17.8 Å². The highest BCUT2D eigenvalue weighted by atomic mass is 16.6. The van der Waals surface area contributed by atoms with E-state index in [9.17, 15) is 9.59 Å². The van der Waals surface area contributed by atoms with Gasteiger partial charge in [0.05, 0.1) is 0 Å². The van der Waals surface area contributed by atoms with Gasteiger partial charge >= 0.3 is 6.09 Å². The average molecular weight is 281 g/mol. The highest BCUT2D eigenvalue weighted by Crippen LogP contribution is 2.38. The van der Waals surface area contributed by atoms with Gasteiger partial charge in [-0.3, -0.25) is 4.79 Å². The smallest absolute Gasteiger partial charge is 0.410 e. The Hall–Kier alpha value is -1.06. The molecule has 0 aromatic heterocycles. The summed E-state index contributed by atoms with van der Waals surface area (Å²) < 4.78 is 5.46.